The summed E-state index contributed by atoms with van der Waals surface area (Å²) in [5.74, 6) is -1.14. The number of rotatable bonds is 5. The molecule has 160 valence electrons. The number of fused-ring (bicyclic) bond motifs is 1. The lowest BCUT2D eigenvalue weighted by molar-refractivity contribution is 0.101. The largest absolute Gasteiger partial charge is 0.321 e. The van der Waals surface area contributed by atoms with Crippen LogP contribution in [0.25, 0.3) is 11.0 Å². The molecule has 31 heavy (non-hydrogen) atoms. The molecule has 4 aromatic rings. The van der Waals surface area contributed by atoms with Gasteiger partial charge in [-0.1, -0.05) is 11.6 Å². The number of carbonyl (C=O) groups excluding carboxylic acids is 1. The molecule has 0 fully saturated rings. The number of hydrogen-bond acceptors (Lipinski definition) is 6. The molecule has 4 rings (SSSR count). The molecule has 1 aromatic carbocycles. The summed E-state index contributed by atoms with van der Waals surface area (Å²) in [6.07, 6.45) is 3.86. The van der Waals surface area contributed by atoms with Crippen LogP contribution in [0.3, 0.4) is 0 Å². The molecule has 0 saturated heterocycles. The van der Waals surface area contributed by atoms with E-state index in [0.717, 1.165) is 6.07 Å². The fraction of sp³-hybridized carbons (Fsp3) is 0.111. The zero-order valence-electron chi connectivity index (χ0n) is 16.2. The highest BCUT2D eigenvalue weighted by molar-refractivity contribution is 7.92. The molecule has 0 atom stereocenters. The van der Waals surface area contributed by atoms with E-state index in [4.69, 9.17) is 11.6 Å². The zero-order chi connectivity index (χ0) is 22.3. The molecule has 10 nitrogen and oxygen atoms in total. The van der Waals surface area contributed by atoms with Crippen LogP contribution in [0.5, 0.6) is 0 Å². The van der Waals surface area contributed by atoms with Gasteiger partial charge in [-0.25, -0.2) is 17.8 Å². The highest BCUT2D eigenvalue weighted by Crippen LogP contribution is 2.24. The molecule has 0 radical (unpaired) electrons. The summed E-state index contributed by atoms with van der Waals surface area (Å²) in [6.45, 7) is 0. The molecule has 0 saturated carbocycles. The molecule has 1 amide bonds. The van der Waals surface area contributed by atoms with E-state index in [2.05, 4.69) is 25.2 Å². The fourth-order valence-electron chi connectivity index (χ4n) is 2.90. The highest BCUT2D eigenvalue weighted by Gasteiger charge is 2.21. The van der Waals surface area contributed by atoms with Gasteiger partial charge in [-0.3, -0.25) is 18.9 Å². The molecule has 0 unspecified atom stereocenters. The van der Waals surface area contributed by atoms with Crippen LogP contribution in [0.1, 0.15) is 10.5 Å². The minimum atomic E-state index is -3.86. The third-order valence-corrected chi connectivity index (χ3v) is 5.93. The summed E-state index contributed by atoms with van der Waals surface area (Å²) in [5, 5.41) is 10.6. The maximum absolute atomic E-state index is 13.3. The Balaban J connectivity index is 1.62. The van der Waals surface area contributed by atoms with E-state index in [1.165, 1.54) is 46.2 Å². The summed E-state index contributed by atoms with van der Waals surface area (Å²) in [6, 6.07) is 5.25. The van der Waals surface area contributed by atoms with Crippen molar-refractivity contribution in [2.45, 2.75) is 4.90 Å². The van der Waals surface area contributed by atoms with Crippen LogP contribution in [0.4, 0.5) is 15.8 Å². The van der Waals surface area contributed by atoms with E-state index in [1.807, 2.05) is 0 Å². The van der Waals surface area contributed by atoms with Crippen LogP contribution in [0.2, 0.25) is 5.02 Å². The Hall–Kier alpha value is -3.51. The molecule has 3 heterocycles. The van der Waals surface area contributed by atoms with Gasteiger partial charge >= 0.3 is 0 Å². The van der Waals surface area contributed by atoms with Crippen molar-refractivity contribution in [2.75, 3.05) is 10.0 Å². The summed E-state index contributed by atoms with van der Waals surface area (Å²) in [5.41, 5.74) is 1.17. The molecule has 13 heteroatoms. The van der Waals surface area contributed by atoms with Crippen LogP contribution in [0, 0.1) is 5.82 Å². The van der Waals surface area contributed by atoms with Crippen LogP contribution >= 0.6 is 11.6 Å². The zero-order valence-corrected chi connectivity index (χ0v) is 17.7. The second kappa shape index (κ2) is 7.63. The number of halogens is 2. The van der Waals surface area contributed by atoms with E-state index in [0.29, 0.717) is 11.2 Å². The number of amides is 1. The number of aromatic nitrogens is 5. The Morgan fingerprint density at radius 2 is 1.94 bits per heavy atom. The van der Waals surface area contributed by atoms with E-state index >= 15 is 0 Å². The van der Waals surface area contributed by atoms with Gasteiger partial charge in [-0.2, -0.15) is 10.2 Å². The van der Waals surface area contributed by atoms with Gasteiger partial charge in [0.05, 0.1) is 23.1 Å². The molecule has 2 N–H and O–H groups in total. The van der Waals surface area contributed by atoms with Crippen molar-refractivity contribution >= 4 is 49.9 Å². The molecular weight excluding hydrogens is 449 g/mol. The average Bonchev–Trinajstić information content (AvgIpc) is 3.27. The lowest BCUT2D eigenvalue weighted by Gasteiger charge is -2.07. The fourth-order valence-corrected chi connectivity index (χ4v) is 4.10. The standard InChI is InChI=1S/C18H15ClFN7O3S/c1-26-9-12(8-22-26)31(29,30)25-11-6-15-16(21-7-11)17(27(2)24-15)18(28)23-10-3-4-14(20)13(19)5-10/h3-9,25H,1-2H3,(H,23,28). The van der Waals surface area contributed by atoms with Crippen molar-refractivity contribution in [3.63, 3.8) is 0 Å². The number of carbonyl (C=O) groups is 1. The Morgan fingerprint density at radius 1 is 1.16 bits per heavy atom. The Morgan fingerprint density at radius 3 is 2.61 bits per heavy atom. The molecule has 3 aromatic heterocycles. The first kappa shape index (κ1) is 20.8. The minimum absolute atomic E-state index is 0.00542. The van der Waals surface area contributed by atoms with Crippen molar-refractivity contribution < 1.29 is 17.6 Å². The van der Waals surface area contributed by atoms with Crippen LogP contribution in [-0.4, -0.2) is 38.9 Å². The first-order valence-corrected chi connectivity index (χ1v) is 10.6. The van der Waals surface area contributed by atoms with E-state index in [1.54, 1.807) is 14.1 Å². The molecule has 0 spiro atoms. The van der Waals surface area contributed by atoms with E-state index < -0.39 is 21.7 Å². The summed E-state index contributed by atoms with van der Waals surface area (Å²) < 4.78 is 43.3. The van der Waals surface area contributed by atoms with E-state index in [9.17, 15) is 17.6 Å². The van der Waals surface area contributed by atoms with Crippen molar-refractivity contribution in [3.8, 4) is 0 Å². The summed E-state index contributed by atoms with van der Waals surface area (Å²) >= 11 is 5.75. The monoisotopic (exact) mass is 463 g/mol. The quantitative estimate of drug-likeness (QED) is 0.468. The van der Waals surface area contributed by atoms with Gasteiger partial charge in [0, 0.05) is 26.0 Å². The molecule has 0 bridgehead atoms. The minimum Gasteiger partial charge on any atom is -0.321 e. The summed E-state index contributed by atoms with van der Waals surface area (Å²) in [7, 11) is -0.706. The number of nitrogens with zero attached hydrogens (tertiary/aromatic N) is 5. The first-order valence-electron chi connectivity index (χ1n) is 8.74. The van der Waals surface area contributed by atoms with Gasteiger partial charge in [0.2, 0.25) is 0 Å². The topological polar surface area (TPSA) is 124 Å². The highest BCUT2D eigenvalue weighted by atomic mass is 35.5. The number of pyridine rings is 1. The van der Waals surface area contributed by atoms with Crippen molar-refractivity contribution in [2.24, 2.45) is 14.1 Å². The van der Waals surface area contributed by atoms with Crippen LogP contribution in [-0.2, 0) is 24.1 Å². The van der Waals surface area contributed by atoms with Gasteiger partial charge in [-0.05, 0) is 24.3 Å². The third-order valence-electron chi connectivity index (χ3n) is 4.31. The van der Waals surface area contributed by atoms with Gasteiger partial charge in [0.25, 0.3) is 15.9 Å². The van der Waals surface area contributed by atoms with E-state index in [-0.39, 0.29) is 26.8 Å². The SMILES string of the molecule is Cn1cc(S(=O)(=O)Nc2cnc3c(C(=O)Nc4ccc(F)c(Cl)c4)n(C)nc3c2)cn1. The second-order valence-electron chi connectivity index (χ2n) is 6.60. The van der Waals surface area contributed by atoms with Gasteiger partial charge in [0.15, 0.2) is 5.69 Å². The van der Waals surface area contributed by atoms with Crippen LogP contribution < -0.4 is 10.0 Å². The lowest BCUT2D eigenvalue weighted by Crippen LogP contribution is -2.16. The van der Waals surface area contributed by atoms with Gasteiger partial charge in [0.1, 0.15) is 21.7 Å². The lowest BCUT2D eigenvalue weighted by atomic mass is 10.2. The van der Waals surface area contributed by atoms with Crippen molar-refractivity contribution in [1.29, 1.82) is 0 Å². The number of hydrogen-bond donors (Lipinski definition) is 2. The predicted octanol–water partition coefficient (Wildman–Crippen LogP) is 2.55. The van der Waals surface area contributed by atoms with Crippen LogP contribution in [0.15, 0.2) is 47.8 Å². The number of nitrogens with one attached hydrogen (secondary N) is 2. The number of aryl methyl sites for hydroxylation is 2. The maximum atomic E-state index is 13.3. The van der Waals surface area contributed by atoms with Gasteiger partial charge < -0.3 is 5.32 Å². The average molecular weight is 464 g/mol. The van der Waals surface area contributed by atoms with Crippen molar-refractivity contribution in [3.05, 3.63) is 59.4 Å². The second-order valence-corrected chi connectivity index (χ2v) is 8.69. The molecule has 0 aliphatic heterocycles. The first-order chi connectivity index (χ1) is 14.6. The maximum Gasteiger partial charge on any atom is 0.276 e. The smallest absolute Gasteiger partial charge is 0.276 e. The Kier molecular flexibility index (Phi) is 5.11. The number of benzene rings is 1. The Labute approximate surface area is 180 Å². The van der Waals surface area contributed by atoms with Gasteiger partial charge in [-0.15, -0.1) is 0 Å². The Bertz CT molecular complexity index is 1430. The molecule has 0 aliphatic carbocycles. The normalized spacial score (nSPS) is 11.6. The number of sulfonamides is 1. The number of anilines is 2. The predicted molar refractivity (Wildman–Crippen MR) is 112 cm³/mol. The van der Waals surface area contributed by atoms with Crippen molar-refractivity contribution in [1.82, 2.24) is 24.5 Å². The summed E-state index contributed by atoms with van der Waals surface area (Å²) in [4.78, 5) is 16.9. The third kappa shape index (κ3) is 4.07. The molecule has 0 aliphatic rings. The molecular formula is C18H15ClFN7O3S.